The molecule has 122 valence electrons. The summed E-state index contributed by atoms with van der Waals surface area (Å²) in [5.41, 5.74) is 0.750. The molecule has 23 heavy (non-hydrogen) atoms. The van der Waals surface area contributed by atoms with Crippen molar-refractivity contribution in [1.29, 1.82) is 0 Å². The zero-order valence-corrected chi connectivity index (χ0v) is 13.7. The molecule has 1 amide bonds. The first-order valence-corrected chi connectivity index (χ1v) is 8.09. The van der Waals surface area contributed by atoms with Crippen LogP contribution in [0.15, 0.2) is 24.8 Å². The first kappa shape index (κ1) is 15.7. The molecule has 2 aromatic heterocycles. The van der Waals surface area contributed by atoms with Gasteiger partial charge < -0.3 is 10.2 Å². The second-order valence-corrected chi connectivity index (χ2v) is 5.97. The molecule has 3 heterocycles. The fourth-order valence-corrected chi connectivity index (χ4v) is 2.75. The van der Waals surface area contributed by atoms with Crippen molar-refractivity contribution in [3.63, 3.8) is 0 Å². The third-order valence-corrected chi connectivity index (χ3v) is 4.18. The number of hydrogen-bond acceptors (Lipinski definition) is 5. The lowest BCUT2D eigenvalue weighted by molar-refractivity contribution is -0.120. The number of rotatable bonds is 4. The average molecular weight is 335 g/mol. The summed E-state index contributed by atoms with van der Waals surface area (Å²) in [6.07, 6.45) is 8.26. The quantitative estimate of drug-likeness (QED) is 0.927. The first-order valence-electron chi connectivity index (χ1n) is 7.71. The van der Waals surface area contributed by atoms with Crippen LogP contribution in [-0.4, -0.2) is 38.7 Å². The fourth-order valence-electron chi connectivity index (χ4n) is 2.66. The Morgan fingerprint density at radius 2 is 2.00 bits per heavy atom. The number of carbonyl (C=O) groups excluding carboxylic acids is 1. The highest BCUT2D eigenvalue weighted by molar-refractivity contribution is 6.30. The summed E-state index contributed by atoms with van der Waals surface area (Å²) in [7, 11) is 0. The average Bonchev–Trinajstić information content (AvgIpc) is 3.03. The normalized spacial score (nSPS) is 15.7. The van der Waals surface area contributed by atoms with Crippen molar-refractivity contribution in [2.75, 3.05) is 23.3 Å². The van der Waals surface area contributed by atoms with Crippen molar-refractivity contribution in [2.24, 2.45) is 5.92 Å². The SMILES string of the molecule is CCn1cc(NC(=O)C2CCN(c3ncc(Cl)cn3)CC2)cn1. The van der Waals surface area contributed by atoms with E-state index in [2.05, 4.69) is 25.3 Å². The van der Waals surface area contributed by atoms with Crippen molar-refractivity contribution < 1.29 is 4.79 Å². The van der Waals surface area contributed by atoms with Gasteiger partial charge in [0.1, 0.15) is 0 Å². The topological polar surface area (TPSA) is 75.9 Å². The number of amides is 1. The van der Waals surface area contributed by atoms with Crippen LogP contribution in [0, 0.1) is 5.92 Å². The molecule has 0 unspecified atom stereocenters. The van der Waals surface area contributed by atoms with E-state index < -0.39 is 0 Å². The van der Waals surface area contributed by atoms with Crippen molar-refractivity contribution >= 4 is 29.1 Å². The zero-order valence-electron chi connectivity index (χ0n) is 12.9. The molecule has 0 spiro atoms. The van der Waals surface area contributed by atoms with E-state index in [1.54, 1.807) is 23.3 Å². The van der Waals surface area contributed by atoms with Crippen LogP contribution in [0.5, 0.6) is 0 Å². The Hall–Kier alpha value is -2.15. The lowest BCUT2D eigenvalue weighted by Gasteiger charge is -2.31. The van der Waals surface area contributed by atoms with Crippen LogP contribution in [0.25, 0.3) is 0 Å². The smallest absolute Gasteiger partial charge is 0.227 e. The maximum absolute atomic E-state index is 12.3. The number of aryl methyl sites for hydroxylation is 1. The maximum Gasteiger partial charge on any atom is 0.227 e. The number of nitrogens with zero attached hydrogens (tertiary/aromatic N) is 5. The molecule has 0 saturated carbocycles. The third-order valence-electron chi connectivity index (χ3n) is 3.98. The molecule has 0 aromatic carbocycles. The predicted molar refractivity (Wildman–Crippen MR) is 88.5 cm³/mol. The third kappa shape index (κ3) is 3.79. The molecule has 1 fully saturated rings. The highest BCUT2D eigenvalue weighted by Crippen LogP contribution is 2.22. The lowest BCUT2D eigenvalue weighted by Crippen LogP contribution is -2.39. The van der Waals surface area contributed by atoms with E-state index in [4.69, 9.17) is 11.6 Å². The van der Waals surface area contributed by atoms with Crippen LogP contribution >= 0.6 is 11.6 Å². The number of anilines is 2. The van der Waals surface area contributed by atoms with Gasteiger partial charge in [-0.05, 0) is 19.8 Å². The summed E-state index contributed by atoms with van der Waals surface area (Å²) < 4.78 is 1.79. The van der Waals surface area contributed by atoms with Gasteiger partial charge >= 0.3 is 0 Å². The van der Waals surface area contributed by atoms with E-state index >= 15 is 0 Å². The van der Waals surface area contributed by atoms with Crippen LogP contribution in [0.3, 0.4) is 0 Å². The van der Waals surface area contributed by atoms with E-state index in [9.17, 15) is 4.79 Å². The van der Waals surface area contributed by atoms with E-state index in [0.29, 0.717) is 11.0 Å². The monoisotopic (exact) mass is 334 g/mol. The molecule has 0 bridgehead atoms. The van der Waals surface area contributed by atoms with Crippen molar-refractivity contribution in [3.8, 4) is 0 Å². The van der Waals surface area contributed by atoms with Crippen LogP contribution in [0.4, 0.5) is 11.6 Å². The number of hydrogen-bond donors (Lipinski definition) is 1. The van der Waals surface area contributed by atoms with Gasteiger partial charge in [0.05, 0.1) is 29.3 Å². The van der Waals surface area contributed by atoms with Gasteiger partial charge in [-0.15, -0.1) is 0 Å². The molecular formula is C15H19ClN6O. The highest BCUT2D eigenvalue weighted by atomic mass is 35.5. The predicted octanol–water partition coefficient (Wildman–Crippen LogP) is 2.20. The van der Waals surface area contributed by atoms with E-state index in [1.165, 1.54) is 0 Å². The molecule has 1 aliphatic heterocycles. The number of aromatic nitrogens is 4. The Balaban J connectivity index is 1.53. The van der Waals surface area contributed by atoms with Gasteiger partial charge in [0.25, 0.3) is 0 Å². The van der Waals surface area contributed by atoms with E-state index in [0.717, 1.165) is 38.2 Å². The Morgan fingerprint density at radius 1 is 1.30 bits per heavy atom. The minimum atomic E-state index is 0.00327. The number of piperidine rings is 1. The summed E-state index contributed by atoms with van der Waals surface area (Å²) in [6.45, 7) is 4.31. The summed E-state index contributed by atoms with van der Waals surface area (Å²) in [4.78, 5) is 22.9. The molecule has 0 radical (unpaired) electrons. The minimum absolute atomic E-state index is 0.00327. The minimum Gasteiger partial charge on any atom is -0.341 e. The number of nitrogens with one attached hydrogen (secondary N) is 1. The summed E-state index contributed by atoms with van der Waals surface area (Å²) >= 11 is 5.80. The number of carbonyl (C=O) groups is 1. The molecule has 3 rings (SSSR count). The van der Waals surface area contributed by atoms with Gasteiger partial charge in [-0.1, -0.05) is 11.6 Å². The molecule has 7 nitrogen and oxygen atoms in total. The molecule has 1 N–H and O–H groups in total. The van der Waals surface area contributed by atoms with Crippen LogP contribution in [0.1, 0.15) is 19.8 Å². The Bertz CT molecular complexity index is 663. The molecule has 1 saturated heterocycles. The Labute approximate surface area is 139 Å². The molecule has 0 aliphatic carbocycles. The molecule has 8 heteroatoms. The maximum atomic E-state index is 12.3. The van der Waals surface area contributed by atoms with Gasteiger partial charge in [-0.3, -0.25) is 9.48 Å². The number of halogens is 1. The van der Waals surface area contributed by atoms with E-state index in [-0.39, 0.29) is 11.8 Å². The summed E-state index contributed by atoms with van der Waals surface area (Å²) in [5, 5.41) is 7.62. The lowest BCUT2D eigenvalue weighted by atomic mass is 9.96. The van der Waals surface area contributed by atoms with Gasteiger partial charge in [-0.2, -0.15) is 5.10 Å². The standard InChI is InChI=1S/C15H19ClN6O/c1-2-22-10-13(9-19-22)20-14(23)11-3-5-21(6-4-11)15-17-7-12(16)8-18-15/h7-11H,2-6H2,1H3,(H,20,23). The molecule has 0 atom stereocenters. The van der Waals surface area contributed by atoms with Crippen molar-refractivity contribution in [2.45, 2.75) is 26.3 Å². The van der Waals surface area contributed by atoms with Crippen molar-refractivity contribution in [3.05, 3.63) is 29.8 Å². The van der Waals surface area contributed by atoms with Crippen LogP contribution in [-0.2, 0) is 11.3 Å². The van der Waals surface area contributed by atoms with Crippen LogP contribution < -0.4 is 10.2 Å². The molecular weight excluding hydrogens is 316 g/mol. The first-order chi connectivity index (χ1) is 11.2. The molecule has 2 aromatic rings. The largest absolute Gasteiger partial charge is 0.341 e. The zero-order chi connectivity index (χ0) is 16.2. The summed E-state index contributed by atoms with van der Waals surface area (Å²) in [6, 6.07) is 0. The van der Waals surface area contributed by atoms with Crippen molar-refractivity contribution in [1.82, 2.24) is 19.7 Å². The summed E-state index contributed by atoms with van der Waals surface area (Å²) in [5.74, 6) is 0.721. The Morgan fingerprint density at radius 3 is 2.61 bits per heavy atom. The van der Waals surface area contributed by atoms with Crippen LogP contribution in [0.2, 0.25) is 5.02 Å². The Kier molecular flexibility index (Phi) is 4.76. The fraction of sp³-hybridized carbons (Fsp3) is 0.467. The van der Waals surface area contributed by atoms with Gasteiger partial charge in [0.2, 0.25) is 11.9 Å². The van der Waals surface area contributed by atoms with Gasteiger partial charge in [0, 0.05) is 31.7 Å². The molecule has 1 aliphatic rings. The van der Waals surface area contributed by atoms with E-state index in [1.807, 2.05) is 13.1 Å². The van der Waals surface area contributed by atoms with Gasteiger partial charge in [0.15, 0.2) is 0 Å². The highest BCUT2D eigenvalue weighted by Gasteiger charge is 2.26. The van der Waals surface area contributed by atoms with Gasteiger partial charge in [-0.25, -0.2) is 9.97 Å². The second kappa shape index (κ2) is 6.95. The second-order valence-electron chi connectivity index (χ2n) is 5.54.